The number of furan rings is 1. The summed E-state index contributed by atoms with van der Waals surface area (Å²) in [4.78, 5) is 11.0. The van der Waals surface area contributed by atoms with Crippen LogP contribution in [0.3, 0.4) is 0 Å². The molecule has 0 aliphatic heterocycles. The highest BCUT2D eigenvalue weighted by Crippen LogP contribution is 2.08. The van der Waals surface area contributed by atoms with Crippen molar-refractivity contribution < 1.29 is 19.1 Å². The van der Waals surface area contributed by atoms with Gasteiger partial charge in [-0.05, 0) is 19.1 Å². The molecule has 0 aliphatic rings. The molecule has 5 heteroatoms. The number of aliphatic hydroxyl groups excluding tert-OH is 1. The summed E-state index contributed by atoms with van der Waals surface area (Å²) in [5.74, 6) is 0.333. The van der Waals surface area contributed by atoms with Gasteiger partial charge in [0.25, 0.3) is 0 Å². The van der Waals surface area contributed by atoms with Crippen LogP contribution in [-0.2, 0) is 11.3 Å². The molecule has 0 radical (unpaired) electrons. The van der Waals surface area contributed by atoms with Gasteiger partial charge >= 0.3 is 5.97 Å². The Morgan fingerprint density at radius 3 is 3.00 bits per heavy atom. The van der Waals surface area contributed by atoms with E-state index in [1.54, 1.807) is 19.1 Å². The van der Waals surface area contributed by atoms with E-state index in [4.69, 9.17) is 9.52 Å². The Bertz CT molecular complexity index is 319. The fourth-order valence-electron chi connectivity index (χ4n) is 1.09. The molecule has 0 saturated carbocycles. The van der Waals surface area contributed by atoms with Gasteiger partial charge in [-0.3, -0.25) is 0 Å². The largest absolute Gasteiger partial charge is 0.463 e. The quantitative estimate of drug-likeness (QED) is 0.698. The number of carbonyl (C=O) groups excluding carboxylic acids is 1. The van der Waals surface area contributed by atoms with Gasteiger partial charge in [0.05, 0.1) is 19.8 Å². The van der Waals surface area contributed by atoms with Gasteiger partial charge in [0.1, 0.15) is 5.76 Å². The smallest absolute Gasteiger partial charge is 0.373 e. The van der Waals surface area contributed by atoms with E-state index in [0.29, 0.717) is 18.8 Å². The highest BCUT2D eigenvalue weighted by Gasteiger charge is 2.10. The molecule has 1 aromatic rings. The number of methoxy groups -OCH3 is 1. The molecule has 15 heavy (non-hydrogen) atoms. The lowest BCUT2D eigenvalue weighted by Crippen LogP contribution is -2.23. The van der Waals surface area contributed by atoms with Crippen molar-refractivity contribution in [1.29, 1.82) is 0 Å². The molecule has 0 spiro atoms. The number of hydrogen-bond donors (Lipinski definition) is 2. The lowest BCUT2D eigenvalue weighted by Gasteiger charge is -2.04. The molecule has 0 amide bonds. The van der Waals surface area contributed by atoms with Gasteiger partial charge in [-0.25, -0.2) is 4.79 Å². The molecule has 0 saturated heterocycles. The topological polar surface area (TPSA) is 71.7 Å². The molecule has 0 bridgehead atoms. The standard InChI is InChI=1S/C10H15NO4/c1-7(12)5-11-6-8-3-4-9(15-8)10(13)14-2/h3-4,7,11-12H,5-6H2,1-2H3/t7-/m0/s1. The van der Waals surface area contributed by atoms with Crippen LogP contribution in [0.1, 0.15) is 23.2 Å². The number of esters is 1. The van der Waals surface area contributed by atoms with Crippen molar-refractivity contribution in [3.8, 4) is 0 Å². The van der Waals surface area contributed by atoms with Gasteiger partial charge in [-0.15, -0.1) is 0 Å². The highest BCUT2D eigenvalue weighted by molar-refractivity contribution is 5.86. The fourth-order valence-corrected chi connectivity index (χ4v) is 1.09. The fraction of sp³-hybridized carbons (Fsp3) is 0.500. The summed E-state index contributed by atoms with van der Waals surface area (Å²) >= 11 is 0. The van der Waals surface area contributed by atoms with Crippen LogP contribution in [0.2, 0.25) is 0 Å². The Labute approximate surface area is 88.0 Å². The maximum atomic E-state index is 11.0. The lowest BCUT2D eigenvalue weighted by atomic mass is 10.4. The van der Waals surface area contributed by atoms with Crippen molar-refractivity contribution in [3.63, 3.8) is 0 Å². The Kier molecular flexibility index (Phi) is 4.33. The van der Waals surface area contributed by atoms with Crippen LogP contribution in [0, 0.1) is 0 Å². The van der Waals surface area contributed by atoms with E-state index in [9.17, 15) is 4.79 Å². The molecule has 1 aromatic heterocycles. The van der Waals surface area contributed by atoms with Crippen molar-refractivity contribution in [2.45, 2.75) is 19.6 Å². The van der Waals surface area contributed by atoms with Crippen molar-refractivity contribution in [3.05, 3.63) is 23.7 Å². The first-order chi connectivity index (χ1) is 7.13. The third-order valence-corrected chi connectivity index (χ3v) is 1.79. The molecule has 84 valence electrons. The van der Waals surface area contributed by atoms with E-state index in [0.717, 1.165) is 0 Å². The lowest BCUT2D eigenvalue weighted by molar-refractivity contribution is 0.0562. The average Bonchev–Trinajstić information content (AvgIpc) is 2.65. The number of ether oxygens (including phenoxy) is 1. The zero-order valence-corrected chi connectivity index (χ0v) is 8.82. The van der Waals surface area contributed by atoms with Crippen LogP contribution in [0.25, 0.3) is 0 Å². The number of nitrogens with one attached hydrogen (secondary N) is 1. The molecule has 1 atom stereocenters. The SMILES string of the molecule is COC(=O)c1ccc(CNC[C@H](C)O)o1. The Morgan fingerprint density at radius 1 is 1.67 bits per heavy atom. The first-order valence-electron chi connectivity index (χ1n) is 4.69. The molecule has 2 N–H and O–H groups in total. The maximum absolute atomic E-state index is 11.0. The molecule has 5 nitrogen and oxygen atoms in total. The monoisotopic (exact) mass is 213 g/mol. The average molecular weight is 213 g/mol. The minimum absolute atomic E-state index is 0.186. The second-order valence-electron chi connectivity index (χ2n) is 3.24. The minimum Gasteiger partial charge on any atom is -0.463 e. The first kappa shape index (κ1) is 11.7. The molecule has 0 fully saturated rings. The molecular formula is C10H15NO4. The summed E-state index contributed by atoms with van der Waals surface area (Å²) in [5, 5.41) is 12.0. The van der Waals surface area contributed by atoms with Crippen molar-refractivity contribution >= 4 is 5.97 Å². The predicted molar refractivity (Wildman–Crippen MR) is 53.4 cm³/mol. The van der Waals surface area contributed by atoms with Gasteiger partial charge in [-0.2, -0.15) is 0 Å². The molecule has 1 heterocycles. The normalized spacial score (nSPS) is 12.5. The van der Waals surface area contributed by atoms with Crippen molar-refractivity contribution in [1.82, 2.24) is 5.32 Å². The predicted octanol–water partition coefficient (Wildman–Crippen LogP) is 0.537. The number of aliphatic hydroxyl groups is 1. The van der Waals surface area contributed by atoms with E-state index in [1.165, 1.54) is 7.11 Å². The molecule has 1 rings (SSSR count). The first-order valence-corrected chi connectivity index (χ1v) is 4.69. The van der Waals surface area contributed by atoms with Crippen LogP contribution in [0.5, 0.6) is 0 Å². The molecule has 0 unspecified atom stereocenters. The summed E-state index contributed by atoms with van der Waals surface area (Å²) in [6.07, 6.45) is -0.403. The van der Waals surface area contributed by atoms with Gasteiger partial charge < -0.3 is 19.6 Å². The third kappa shape index (κ3) is 3.73. The van der Waals surface area contributed by atoms with Crippen molar-refractivity contribution in [2.24, 2.45) is 0 Å². The van der Waals surface area contributed by atoms with Crippen LogP contribution >= 0.6 is 0 Å². The van der Waals surface area contributed by atoms with Crippen LogP contribution in [0.15, 0.2) is 16.5 Å². The molecule has 0 aliphatic carbocycles. The summed E-state index contributed by atoms with van der Waals surface area (Å²) in [6, 6.07) is 3.26. The van der Waals surface area contributed by atoms with E-state index in [1.807, 2.05) is 0 Å². The zero-order valence-electron chi connectivity index (χ0n) is 8.82. The van der Waals surface area contributed by atoms with Crippen LogP contribution < -0.4 is 5.32 Å². The minimum atomic E-state index is -0.489. The summed E-state index contributed by atoms with van der Waals surface area (Å²) in [7, 11) is 1.30. The summed E-state index contributed by atoms with van der Waals surface area (Å²) in [6.45, 7) is 2.64. The second kappa shape index (κ2) is 5.53. The van der Waals surface area contributed by atoms with E-state index in [-0.39, 0.29) is 5.76 Å². The number of hydrogen-bond acceptors (Lipinski definition) is 5. The van der Waals surface area contributed by atoms with Crippen LogP contribution in [-0.4, -0.2) is 30.8 Å². The Hall–Kier alpha value is -1.33. The van der Waals surface area contributed by atoms with Gasteiger partial charge in [0.15, 0.2) is 0 Å². The molecule has 0 aromatic carbocycles. The van der Waals surface area contributed by atoms with Crippen LogP contribution in [0.4, 0.5) is 0 Å². The third-order valence-electron chi connectivity index (χ3n) is 1.79. The Morgan fingerprint density at radius 2 is 2.40 bits per heavy atom. The number of rotatable bonds is 5. The second-order valence-corrected chi connectivity index (χ2v) is 3.24. The summed E-state index contributed by atoms with van der Waals surface area (Å²) < 4.78 is 9.70. The van der Waals surface area contributed by atoms with E-state index >= 15 is 0 Å². The van der Waals surface area contributed by atoms with Gasteiger partial charge in [-0.1, -0.05) is 0 Å². The van der Waals surface area contributed by atoms with Gasteiger partial charge in [0.2, 0.25) is 5.76 Å². The van der Waals surface area contributed by atoms with Gasteiger partial charge in [0, 0.05) is 6.54 Å². The molecular weight excluding hydrogens is 198 g/mol. The van der Waals surface area contributed by atoms with E-state index < -0.39 is 12.1 Å². The number of carbonyl (C=O) groups is 1. The van der Waals surface area contributed by atoms with E-state index in [2.05, 4.69) is 10.1 Å². The Balaban J connectivity index is 2.43. The van der Waals surface area contributed by atoms with Crippen molar-refractivity contribution in [2.75, 3.05) is 13.7 Å². The zero-order chi connectivity index (χ0) is 11.3. The maximum Gasteiger partial charge on any atom is 0.373 e. The highest BCUT2D eigenvalue weighted by atomic mass is 16.5. The summed E-state index contributed by atoms with van der Waals surface area (Å²) in [5.41, 5.74) is 0.